The molecule has 5 rings (SSSR count). The predicted octanol–water partition coefficient (Wildman–Crippen LogP) is 1.22. The van der Waals surface area contributed by atoms with Crippen LogP contribution in [0.1, 0.15) is 17.6 Å². The maximum absolute atomic E-state index is 12.1. The van der Waals surface area contributed by atoms with E-state index < -0.39 is 30.4 Å². The van der Waals surface area contributed by atoms with Crippen molar-refractivity contribution in [1.82, 2.24) is 34.8 Å². The molecule has 1 amide bonds. The number of aliphatic hydroxyl groups is 2. The summed E-state index contributed by atoms with van der Waals surface area (Å²) < 4.78 is 7.19. The third-order valence-electron chi connectivity index (χ3n) is 5.78. The van der Waals surface area contributed by atoms with Gasteiger partial charge in [0.15, 0.2) is 35.1 Å². The van der Waals surface area contributed by atoms with Gasteiger partial charge in [0.25, 0.3) is 5.91 Å². The molecule has 4 aromatic rings. The van der Waals surface area contributed by atoms with E-state index >= 15 is 0 Å². The fourth-order valence-electron chi connectivity index (χ4n) is 4.01. The zero-order valence-corrected chi connectivity index (χ0v) is 20.1. The number of ether oxygens (including phenoxy) is 1. The number of aromatic nitrogens is 6. The summed E-state index contributed by atoms with van der Waals surface area (Å²) in [6.45, 7) is 2.28. The summed E-state index contributed by atoms with van der Waals surface area (Å²) in [6, 6.07) is 7.39. The van der Waals surface area contributed by atoms with Crippen molar-refractivity contribution in [3.8, 4) is 11.4 Å². The number of rotatable bonds is 6. The van der Waals surface area contributed by atoms with Gasteiger partial charge in [-0.3, -0.25) is 19.3 Å². The quantitative estimate of drug-likeness (QED) is 0.297. The molecule has 4 aromatic heterocycles. The number of imidazole rings is 1. The number of aryl methyl sites for hydroxylation is 1. The van der Waals surface area contributed by atoms with Crippen molar-refractivity contribution in [2.24, 2.45) is 0 Å². The number of likely N-dealkylation sites (N-methyl/N-ethyl adjacent to an activating group) is 1. The van der Waals surface area contributed by atoms with Crippen molar-refractivity contribution < 1.29 is 19.7 Å². The van der Waals surface area contributed by atoms with Gasteiger partial charge >= 0.3 is 0 Å². The normalized spacial score (nSPS) is 21.6. The van der Waals surface area contributed by atoms with Gasteiger partial charge in [0, 0.05) is 30.7 Å². The summed E-state index contributed by atoms with van der Waals surface area (Å²) >= 11 is 6.14. The number of fused-ring (bicyclic) bond motifs is 1. The zero-order valence-electron chi connectivity index (χ0n) is 19.3. The smallest absolute Gasteiger partial charge is 0.251 e. The number of carbonyl (C=O) groups is 1. The number of hydrogen-bond donors (Lipinski definition) is 4. The molecule has 186 valence electrons. The van der Waals surface area contributed by atoms with Crippen molar-refractivity contribution in [1.29, 1.82) is 0 Å². The van der Waals surface area contributed by atoms with Gasteiger partial charge < -0.3 is 25.6 Å². The summed E-state index contributed by atoms with van der Waals surface area (Å²) in [7, 11) is 1.42. The first-order chi connectivity index (χ1) is 17.4. The molecule has 1 saturated heterocycles. The van der Waals surface area contributed by atoms with E-state index in [0.29, 0.717) is 39.9 Å². The Morgan fingerprint density at radius 2 is 2.03 bits per heavy atom. The Hall–Kier alpha value is -3.71. The van der Waals surface area contributed by atoms with E-state index in [1.807, 2.05) is 25.1 Å². The fraction of sp³-hybridized carbons (Fsp3) is 0.304. The third kappa shape index (κ3) is 4.46. The first-order valence-corrected chi connectivity index (χ1v) is 11.5. The van der Waals surface area contributed by atoms with Gasteiger partial charge in [-0.25, -0.2) is 15.0 Å². The molecule has 3 unspecified atom stereocenters. The molecule has 4 N–H and O–H groups in total. The van der Waals surface area contributed by atoms with E-state index in [1.165, 1.54) is 24.1 Å². The molecule has 5 heterocycles. The molecule has 36 heavy (non-hydrogen) atoms. The van der Waals surface area contributed by atoms with Crippen molar-refractivity contribution in [2.45, 2.75) is 38.0 Å². The van der Waals surface area contributed by atoms with E-state index in [4.69, 9.17) is 16.3 Å². The van der Waals surface area contributed by atoms with Crippen molar-refractivity contribution >= 4 is 34.5 Å². The van der Waals surface area contributed by atoms with Crippen LogP contribution in [0.3, 0.4) is 0 Å². The van der Waals surface area contributed by atoms with Crippen LogP contribution in [0.4, 0.5) is 5.82 Å². The third-order valence-corrected chi connectivity index (χ3v) is 5.99. The molecule has 0 aliphatic carbocycles. The number of halogens is 1. The summed E-state index contributed by atoms with van der Waals surface area (Å²) in [4.78, 5) is 34.4. The second-order valence-electron chi connectivity index (χ2n) is 8.28. The number of hydrogen-bond acceptors (Lipinski definition) is 10. The highest BCUT2D eigenvalue weighted by Crippen LogP contribution is 2.33. The van der Waals surface area contributed by atoms with Crippen LogP contribution in [0.2, 0.25) is 5.02 Å². The fourth-order valence-corrected chi connectivity index (χ4v) is 4.18. The Bertz CT molecular complexity index is 1430. The lowest BCUT2D eigenvalue weighted by Gasteiger charge is -2.17. The number of carbonyl (C=O) groups excluding carboxylic acids is 1. The summed E-state index contributed by atoms with van der Waals surface area (Å²) in [5.74, 6) is 0.157. The van der Waals surface area contributed by atoms with E-state index in [-0.39, 0.29) is 0 Å². The minimum atomic E-state index is -1.43. The maximum Gasteiger partial charge on any atom is 0.251 e. The highest BCUT2D eigenvalue weighted by Gasteiger charge is 2.47. The standard InChI is InChI=1S/C23H23ClN8O4/c1-11-4-3-5-14(29-11)9-27-20-15-21(31-19(30-20)12-6-13(24)8-26-7-12)32(10-28-15)23-17(34)16(33)18(36-23)22(35)25-2/h3-8,10,16-18,23,33-34H,9H2,1-2H3,(H,25,35)(H,27,30,31)/t16?,17?,18-,23?/m1/s1. The average Bonchev–Trinajstić information content (AvgIpc) is 3.43. The minimum Gasteiger partial charge on any atom is -0.387 e. The second-order valence-corrected chi connectivity index (χ2v) is 8.71. The lowest BCUT2D eigenvalue weighted by Crippen LogP contribution is -2.41. The van der Waals surface area contributed by atoms with Gasteiger partial charge in [-0.05, 0) is 25.1 Å². The number of aliphatic hydroxyl groups excluding tert-OH is 2. The molecule has 0 aromatic carbocycles. The molecule has 1 aliphatic rings. The van der Waals surface area contributed by atoms with Crippen LogP contribution in [0.15, 0.2) is 43.0 Å². The predicted molar refractivity (Wildman–Crippen MR) is 130 cm³/mol. The lowest BCUT2D eigenvalue weighted by molar-refractivity contribution is -0.137. The Morgan fingerprint density at radius 3 is 2.78 bits per heavy atom. The van der Waals surface area contributed by atoms with Gasteiger partial charge in [0.1, 0.15) is 12.2 Å². The Kier molecular flexibility index (Phi) is 6.49. The Balaban J connectivity index is 1.58. The number of nitrogens with zero attached hydrogens (tertiary/aromatic N) is 6. The highest BCUT2D eigenvalue weighted by molar-refractivity contribution is 6.30. The molecule has 12 nitrogen and oxygen atoms in total. The summed E-state index contributed by atoms with van der Waals surface area (Å²) in [5, 5.41) is 27.2. The lowest BCUT2D eigenvalue weighted by atomic mass is 10.1. The molecular weight excluding hydrogens is 488 g/mol. The molecule has 13 heteroatoms. The minimum absolute atomic E-state index is 0.301. The molecule has 1 fully saturated rings. The molecule has 0 radical (unpaired) electrons. The Labute approximate surface area is 210 Å². The van der Waals surface area contributed by atoms with Crippen LogP contribution < -0.4 is 10.6 Å². The highest BCUT2D eigenvalue weighted by atomic mass is 35.5. The van der Waals surface area contributed by atoms with E-state index in [9.17, 15) is 15.0 Å². The first-order valence-electron chi connectivity index (χ1n) is 11.1. The van der Waals surface area contributed by atoms with Crippen LogP contribution in [0.25, 0.3) is 22.6 Å². The molecule has 4 atom stereocenters. The molecule has 0 bridgehead atoms. The molecular formula is C23H23ClN8O4. The van der Waals surface area contributed by atoms with Gasteiger partial charge in [-0.2, -0.15) is 0 Å². The van der Waals surface area contributed by atoms with Crippen LogP contribution in [-0.2, 0) is 16.1 Å². The van der Waals surface area contributed by atoms with Gasteiger partial charge in [0.2, 0.25) is 0 Å². The van der Waals surface area contributed by atoms with Crippen molar-refractivity contribution in [3.63, 3.8) is 0 Å². The molecule has 0 spiro atoms. The van der Waals surface area contributed by atoms with Crippen molar-refractivity contribution in [2.75, 3.05) is 12.4 Å². The van der Waals surface area contributed by atoms with E-state index in [1.54, 1.807) is 12.3 Å². The number of nitrogens with one attached hydrogen (secondary N) is 2. The van der Waals surface area contributed by atoms with E-state index in [2.05, 4.69) is 35.6 Å². The SMILES string of the molecule is CNC(=O)[C@@H]1OC(n2cnc3c(NCc4cccc(C)n4)nc(-c4cncc(Cl)c4)nc32)C(O)C1O. The summed E-state index contributed by atoms with van der Waals surface area (Å²) in [6.07, 6.45) is -0.706. The van der Waals surface area contributed by atoms with Gasteiger partial charge in [-0.15, -0.1) is 0 Å². The van der Waals surface area contributed by atoms with Gasteiger partial charge in [0.05, 0.1) is 23.6 Å². The number of amides is 1. The monoisotopic (exact) mass is 510 g/mol. The maximum atomic E-state index is 12.1. The summed E-state index contributed by atoms with van der Waals surface area (Å²) in [5.41, 5.74) is 2.96. The number of pyridine rings is 2. The Morgan fingerprint density at radius 1 is 1.19 bits per heavy atom. The average molecular weight is 511 g/mol. The molecule has 1 aliphatic heterocycles. The topological polar surface area (TPSA) is 160 Å². The van der Waals surface area contributed by atoms with Crippen LogP contribution in [0, 0.1) is 6.92 Å². The van der Waals surface area contributed by atoms with Crippen molar-refractivity contribution in [3.05, 3.63) is 59.4 Å². The van der Waals surface area contributed by atoms with Crippen LogP contribution in [0.5, 0.6) is 0 Å². The zero-order chi connectivity index (χ0) is 25.4. The first kappa shape index (κ1) is 24.0. The number of anilines is 1. The van der Waals surface area contributed by atoms with E-state index in [0.717, 1.165) is 11.4 Å². The van der Waals surface area contributed by atoms with Crippen LogP contribution >= 0.6 is 11.6 Å². The van der Waals surface area contributed by atoms with Gasteiger partial charge in [-0.1, -0.05) is 17.7 Å². The largest absolute Gasteiger partial charge is 0.387 e. The second kappa shape index (κ2) is 9.74. The molecule has 0 saturated carbocycles. The van der Waals surface area contributed by atoms with Crippen LogP contribution in [-0.4, -0.2) is 71.0 Å².